The van der Waals surface area contributed by atoms with Gasteiger partial charge in [0.05, 0.1) is 11.8 Å². The van der Waals surface area contributed by atoms with E-state index in [2.05, 4.69) is 10.4 Å². The molecule has 1 aliphatic rings. The Bertz CT molecular complexity index is 552. The molecule has 0 bridgehead atoms. The van der Waals surface area contributed by atoms with Crippen LogP contribution >= 0.6 is 0 Å². The molecule has 1 saturated heterocycles. The zero-order valence-electron chi connectivity index (χ0n) is 12.2. The van der Waals surface area contributed by atoms with E-state index in [9.17, 15) is 14.7 Å². The van der Waals surface area contributed by atoms with Crippen LogP contribution in [0.2, 0.25) is 0 Å². The second kappa shape index (κ2) is 6.53. The lowest BCUT2D eigenvalue weighted by Crippen LogP contribution is -2.28. The largest absolute Gasteiger partial charge is 0.391 e. The molecule has 114 valence electrons. The maximum absolute atomic E-state index is 12.1. The number of aliphatic hydroxyl groups excluding tert-OH is 1. The average molecular weight is 292 g/mol. The first-order valence-corrected chi connectivity index (χ1v) is 6.85. The predicted octanol–water partition coefficient (Wildman–Crippen LogP) is -0.611. The van der Waals surface area contributed by atoms with E-state index in [1.165, 1.54) is 6.08 Å². The molecule has 0 aliphatic carbocycles. The molecule has 0 unspecified atom stereocenters. The van der Waals surface area contributed by atoms with Crippen molar-refractivity contribution in [1.82, 2.24) is 20.0 Å². The summed E-state index contributed by atoms with van der Waals surface area (Å²) in [6.45, 7) is 0.652. The number of hydrogen-bond acceptors (Lipinski definition) is 4. The summed E-state index contributed by atoms with van der Waals surface area (Å²) in [7, 11) is 3.35. The third-order valence-electron chi connectivity index (χ3n) is 3.70. The highest BCUT2D eigenvalue weighted by Gasteiger charge is 2.34. The first kappa shape index (κ1) is 15.2. The lowest BCUT2D eigenvalue weighted by Gasteiger charge is -2.13. The Morgan fingerprint density at radius 3 is 2.90 bits per heavy atom. The average Bonchev–Trinajstić information content (AvgIpc) is 3.03. The minimum absolute atomic E-state index is 0.126. The first-order chi connectivity index (χ1) is 10.0. The molecule has 1 aromatic rings. The van der Waals surface area contributed by atoms with Crippen LogP contribution in [0, 0.1) is 5.92 Å². The monoisotopic (exact) mass is 292 g/mol. The third kappa shape index (κ3) is 3.69. The number of hydrogen-bond donors (Lipinski definition) is 2. The summed E-state index contributed by atoms with van der Waals surface area (Å²) in [5, 5.41) is 16.5. The minimum atomic E-state index is -0.656. The van der Waals surface area contributed by atoms with Crippen LogP contribution in [0.15, 0.2) is 18.3 Å². The van der Waals surface area contributed by atoms with E-state index in [0.717, 1.165) is 5.69 Å². The smallest absolute Gasteiger partial charge is 0.246 e. The van der Waals surface area contributed by atoms with Gasteiger partial charge in [-0.3, -0.25) is 14.3 Å². The number of nitrogens with one attached hydrogen (secondary N) is 1. The summed E-state index contributed by atoms with van der Waals surface area (Å²) in [5.74, 6) is -0.507. The molecule has 7 heteroatoms. The van der Waals surface area contributed by atoms with Crippen molar-refractivity contribution < 1.29 is 14.7 Å². The van der Waals surface area contributed by atoms with Crippen molar-refractivity contribution in [3.05, 3.63) is 24.0 Å². The van der Waals surface area contributed by atoms with Crippen molar-refractivity contribution >= 4 is 17.9 Å². The molecule has 2 heterocycles. The zero-order chi connectivity index (χ0) is 15.4. The van der Waals surface area contributed by atoms with Crippen LogP contribution in [0.25, 0.3) is 6.08 Å². The van der Waals surface area contributed by atoms with E-state index < -0.39 is 6.10 Å². The van der Waals surface area contributed by atoms with E-state index >= 15 is 0 Å². The van der Waals surface area contributed by atoms with Crippen LogP contribution in [0.4, 0.5) is 0 Å². The van der Waals surface area contributed by atoms with Crippen LogP contribution in [-0.2, 0) is 16.6 Å². The molecule has 2 amide bonds. The van der Waals surface area contributed by atoms with Gasteiger partial charge in [-0.05, 0) is 12.1 Å². The fraction of sp³-hybridized carbons (Fsp3) is 0.500. The summed E-state index contributed by atoms with van der Waals surface area (Å²) in [4.78, 5) is 25.0. The number of aromatic nitrogens is 2. The van der Waals surface area contributed by atoms with Crippen molar-refractivity contribution in [3.8, 4) is 0 Å². The van der Waals surface area contributed by atoms with E-state index in [1.54, 1.807) is 42.0 Å². The Hall–Kier alpha value is -2.15. The van der Waals surface area contributed by atoms with Crippen LogP contribution in [-0.4, -0.2) is 57.8 Å². The maximum atomic E-state index is 12.1. The van der Waals surface area contributed by atoms with Gasteiger partial charge >= 0.3 is 0 Å². The van der Waals surface area contributed by atoms with Gasteiger partial charge in [0.15, 0.2) is 0 Å². The number of carbonyl (C=O) groups excluding carboxylic acids is 2. The van der Waals surface area contributed by atoms with Gasteiger partial charge in [0.1, 0.15) is 0 Å². The Morgan fingerprint density at radius 1 is 1.52 bits per heavy atom. The summed E-state index contributed by atoms with van der Waals surface area (Å²) in [5.41, 5.74) is 0.824. The molecule has 0 spiro atoms. The number of nitrogens with zero attached hydrogens (tertiary/aromatic N) is 3. The van der Waals surface area contributed by atoms with E-state index in [0.29, 0.717) is 6.54 Å². The number of β-amino-alcohol motifs (C(OH)–C–C–N with tert-alkyl or cyclic N) is 1. The van der Waals surface area contributed by atoms with E-state index in [4.69, 9.17) is 0 Å². The lowest BCUT2D eigenvalue weighted by molar-refractivity contribution is -0.126. The number of rotatable bonds is 4. The number of likely N-dealkylation sites (tertiary alicyclic amines) is 1. The Balaban J connectivity index is 1.94. The van der Waals surface area contributed by atoms with Gasteiger partial charge in [0, 0.05) is 51.8 Å². The summed E-state index contributed by atoms with van der Waals surface area (Å²) < 4.78 is 1.66. The number of aryl methyl sites for hydroxylation is 1. The number of carbonyl (C=O) groups is 2. The number of aliphatic hydroxyl groups is 1. The summed E-state index contributed by atoms with van der Waals surface area (Å²) >= 11 is 0. The molecular formula is C14H20N4O3. The van der Waals surface area contributed by atoms with Crippen LogP contribution in [0.3, 0.4) is 0 Å². The van der Waals surface area contributed by atoms with Crippen LogP contribution in [0.1, 0.15) is 12.1 Å². The fourth-order valence-electron chi connectivity index (χ4n) is 2.38. The Kier molecular flexibility index (Phi) is 4.74. The molecule has 7 nitrogen and oxygen atoms in total. The molecule has 21 heavy (non-hydrogen) atoms. The standard InChI is InChI=1S/C14H20N4O3/c1-15-13(20)7-10-8-18(9-12(10)19)14(21)4-3-11-5-6-16-17(11)2/h3-6,10,12,19H,7-9H2,1-2H3,(H,15,20)/b4-3+/t10-,12-/m0/s1. The van der Waals surface area contributed by atoms with Gasteiger partial charge in [0.2, 0.25) is 11.8 Å². The van der Waals surface area contributed by atoms with E-state index in [1.807, 2.05) is 0 Å². The van der Waals surface area contributed by atoms with Crippen molar-refractivity contribution in [2.75, 3.05) is 20.1 Å². The minimum Gasteiger partial charge on any atom is -0.391 e. The predicted molar refractivity (Wildman–Crippen MR) is 77.0 cm³/mol. The van der Waals surface area contributed by atoms with E-state index in [-0.39, 0.29) is 30.7 Å². The Morgan fingerprint density at radius 2 is 2.29 bits per heavy atom. The second-order valence-corrected chi connectivity index (χ2v) is 5.16. The fourth-order valence-corrected chi connectivity index (χ4v) is 2.38. The van der Waals surface area contributed by atoms with Gasteiger partial charge in [-0.15, -0.1) is 0 Å². The van der Waals surface area contributed by atoms with Gasteiger partial charge in [-0.2, -0.15) is 5.10 Å². The maximum Gasteiger partial charge on any atom is 0.246 e. The van der Waals surface area contributed by atoms with Crippen LogP contribution < -0.4 is 5.32 Å². The third-order valence-corrected chi connectivity index (χ3v) is 3.70. The molecule has 1 aromatic heterocycles. The molecule has 2 N–H and O–H groups in total. The highest BCUT2D eigenvalue weighted by atomic mass is 16.3. The second-order valence-electron chi connectivity index (χ2n) is 5.16. The number of amides is 2. The molecule has 0 aromatic carbocycles. The highest BCUT2D eigenvalue weighted by Crippen LogP contribution is 2.20. The SMILES string of the molecule is CNC(=O)C[C@H]1CN(C(=O)/C=C/c2ccnn2C)C[C@@H]1O. The van der Waals surface area contributed by atoms with Crippen molar-refractivity contribution in [1.29, 1.82) is 0 Å². The van der Waals surface area contributed by atoms with Crippen molar-refractivity contribution in [3.63, 3.8) is 0 Å². The quantitative estimate of drug-likeness (QED) is 0.725. The lowest BCUT2D eigenvalue weighted by atomic mass is 10.0. The molecule has 1 aliphatic heterocycles. The molecule has 2 atom stereocenters. The van der Waals surface area contributed by atoms with Gasteiger partial charge < -0.3 is 15.3 Å². The van der Waals surface area contributed by atoms with Crippen molar-refractivity contribution in [2.24, 2.45) is 13.0 Å². The highest BCUT2D eigenvalue weighted by molar-refractivity contribution is 5.91. The first-order valence-electron chi connectivity index (χ1n) is 6.85. The Labute approximate surface area is 123 Å². The zero-order valence-corrected chi connectivity index (χ0v) is 12.2. The van der Waals surface area contributed by atoms with Gasteiger partial charge in [-0.25, -0.2) is 0 Å². The summed E-state index contributed by atoms with van der Waals surface area (Å²) in [6.07, 6.45) is 4.38. The molecular weight excluding hydrogens is 272 g/mol. The molecule has 2 rings (SSSR count). The molecule has 0 saturated carbocycles. The van der Waals surface area contributed by atoms with Gasteiger partial charge in [0.25, 0.3) is 0 Å². The summed E-state index contributed by atoms with van der Waals surface area (Å²) in [6, 6.07) is 1.80. The topological polar surface area (TPSA) is 87.5 Å². The molecule has 0 radical (unpaired) electrons. The van der Waals surface area contributed by atoms with Crippen LogP contribution in [0.5, 0.6) is 0 Å². The normalized spacial score (nSPS) is 22.0. The molecule has 1 fully saturated rings. The van der Waals surface area contributed by atoms with Crippen molar-refractivity contribution in [2.45, 2.75) is 12.5 Å². The van der Waals surface area contributed by atoms with Gasteiger partial charge in [-0.1, -0.05) is 0 Å².